The second-order valence-electron chi connectivity index (χ2n) is 4.51. The van der Waals surface area contributed by atoms with Crippen LogP contribution in [-0.2, 0) is 6.54 Å². The lowest BCUT2D eigenvalue weighted by Gasteiger charge is -2.33. The van der Waals surface area contributed by atoms with Crippen molar-refractivity contribution in [3.05, 3.63) is 34.6 Å². The van der Waals surface area contributed by atoms with E-state index in [1.165, 1.54) is 0 Å². The standard InChI is InChI=1S/C13H18ClFN2/c1-2-11-9-17(7-6-16-11)8-10-4-3-5-12(14)13(10)15/h3-5,11,16H,2,6-9H2,1H3. The molecule has 0 amide bonds. The number of halogens is 2. The number of nitrogens with zero attached hydrogens (tertiary/aromatic N) is 1. The van der Waals surface area contributed by atoms with Gasteiger partial charge in [0.15, 0.2) is 0 Å². The average Bonchev–Trinajstić information content (AvgIpc) is 2.35. The monoisotopic (exact) mass is 256 g/mol. The molecule has 4 heteroatoms. The fraction of sp³-hybridized carbons (Fsp3) is 0.538. The molecule has 1 aliphatic heterocycles. The molecule has 1 unspecified atom stereocenters. The van der Waals surface area contributed by atoms with E-state index in [-0.39, 0.29) is 10.8 Å². The molecule has 0 radical (unpaired) electrons. The summed E-state index contributed by atoms with van der Waals surface area (Å²) >= 11 is 5.78. The van der Waals surface area contributed by atoms with Gasteiger partial charge < -0.3 is 5.32 Å². The van der Waals surface area contributed by atoms with E-state index in [0.29, 0.717) is 18.2 Å². The zero-order chi connectivity index (χ0) is 12.3. The molecule has 1 aliphatic rings. The van der Waals surface area contributed by atoms with Gasteiger partial charge in [-0.15, -0.1) is 0 Å². The van der Waals surface area contributed by atoms with Gasteiger partial charge in [0.05, 0.1) is 5.02 Å². The summed E-state index contributed by atoms with van der Waals surface area (Å²) in [6.45, 7) is 5.72. The maximum absolute atomic E-state index is 13.8. The fourth-order valence-corrected chi connectivity index (χ4v) is 2.42. The molecule has 0 bridgehead atoms. The molecule has 1 atom stereocenters. The normalized spacial score (nSPS) is 21.7. The smallest absolute Gasteiger partial charge is 0.146 e. The summed E-state index contributed by atoms with van der Waals surface area (Å²) in [6.07, 6.45) is 1.11. The quantitative estimate of drug-likeness (QED) is 0.895. The minimum absolute atomic E-state index is 0.213. The highest BCUT2D eigenvalue weighted by atomic mass is 35.5. The second kappa shape index (κ2) is 5.80. The Kier molecular flexibility index (Phi) is 4.37. The Hall–Kier alpha value is -0.640. The van der Waals surface area contributed by atoms with Crippen LogP contribution in [0.15, 0.2) is 18.2 Å². The van der Waals surface area contributed by atoms with Crippen LogP contribution in [0.3, 0.4) is 0 Å². The third-order valence-corrected chi connectivity index (χ3v) is 3.55. The first kappa shape index (κ1) is 12.8. The molecule has 0 aliphatic carbocycles. The minimum atomic E-state index is -0.277. The second-order valence-corrected chi connectivity index (χ2v) is 4.91. The van der Waals surface area contributed by atoms with Crippen LogP contribution < -0.4 is 5.32 Å². The summed E-state index contributed by atoms with van der Waals surface area (Å²) < 4.78 is 13.8. The lowest BCUT2D eigenvalue weighted by atomic mass is 10.1. The molecule has 94 valence electrons. The van der Waals surface area contributed by atoms with Gasteiger partial charge in [-0.25, -0.2) is 4.39 Å². The van der Waals surface area contributed by atoms with Crippen LogP contribution in [0.2, 0.25) is 5.02 Å². The maximum atomic E-state index is 13.8. The summed E-state index contributed by atoms with van der Waals surface area (Å²) in [4.78, 5) is 2.28. The van der Waals surface area contributed by atoms with Crippen molar-refractivity contribution in [2.24, 2.45) is 0 Å². The molecule has 0 saturated carbocycles. The molecule has 1 aromatic carbocycles. The third-order valence-electron chi connectivity index (χ3n) is 3.26. The topological polar surface area (TPSA) is 15.3 Å². The largest absolute Gasteiger partial charge is 0.311 e. The zero-order valence-electron chi connectivity index (χ0n) is 10.0. The lowest BCUT2D eigenvalue weighted by Crippen LogP contribution is -2.49. The summed E-state index contributed by atoms with van der Waals surface area (Å²) in [5, 5.41) is 3.66. The van der Waals surface area contributed by atoms with E-state index in [0.717, 1.165) is 26.1 Å². The van der Waals surface area contributed by atoms with E-state index >= 15 is 0 Å². The van der Waals surface area contributed by atoms with Crippen molar-refractivity contribution >= 4 is 11.6 Å². The Bertz CT molecular complexity index is 384. The third kappa shape index (κ3) is 3.18. The number of nitrogens with one attached hydrogen (secondary N) is 1. The number of hydrogen-bond donors (Lipinski definition) is 1. The zero-order valence-corrected chi connectivity index (χ0v) is 10.8. The molecule has 2 nitrogen and oxygen atoms in total. The Labute approximate surface area is 107 Å². The predicted molar refractivity (Wildman–Crippen MR) is 68.8 cm³/mol. The molecule has 17 heavy (non-hydrogen) atoms. The minimum Gasteiger partial charge on any atom is -0.311 e. The van der Waals surface area contributed by atoms with Crippen LogP contribution in [0.25, 0.3) is 0 Å². The van der Waals surface area contributed by atoms with Crippen molar-refractivity contribution in [3.63, 3.8) is 0 Å². The van der Waals surface area contributed by atoms with Gasteiger partial charge in [-0.1, -0.05) is 30.7 Å². The van der Waals surface area contributed by atoms with Crippen molar-refractivity contribution in [1.82, 2.24) is 10.2 Å². The van der Waals surface area contributed by atoms with Gasteiger partial charge in [0.2, 0.25) is 0 Å². The summed E-state index contributed by atoms with van der Waals surface area (Å²) in [6, 6.07) is 5.73. The molecule has 1 N–H and O–H groups in total. The molecule has 1 aromatic rings. The summed E-state index contributed by atoms with van der Waals surface area (Å²) in [7, 11) is 0. The summed E-state index contributed by atoms with van der Waals surface area (Å²) in [5.41, 5.74) is 0.689. The number of hydrogen-bond acceptors (Lipinski definition) is 2. The first-order chi connectivity index (χ1) is 8.20. The molecule has 1 saturated heterocycles. The van der Waals surface area contributed by atoms with E-state index < -0.39 is 0 Å². The first-order valence-electron chi connectivity index (χ1n) is 6.09. The van der Waals surface area contributed by atoms with E-state index in [1.807, 2.05) is 6.07 Å². The molecular formula is C13H18ClFN2. The molecular weight excluding hydrogens is 239 g/mol. The van der Waals surface area contributed by atoms with Crippen molar-refractivity contribution in [1.29, 1.82) is 0 Å². The Morgan fingerprint density at radius 3 is 3.12 bits per heavy atom. The van der Waals surface area contributed by atoms with Gasteiger partial charge >= 0.3 is 0 Å². The van der Waals surface area contributed by atoms with Gasteiger partial charge in [0.1, 0.15) is 5.82 Å². The Morgan fingerprint density at radius 2 is 2.35 bits per heavy atom. The van der Waals surface area contributed by atoms with E-state index in [2.05, 4.69) is 17.1 Å². The van der Waals surface area contributed by atoms with Crippen molar-refractivity contribution in [3.8, 4) is 0 Å². The number of piperazine rings is 1. The van der Waals surface area contributed by atoms with Crippen molar-refractivity contribution in [2.45, 2.75) is 25.9 Å². The molecule has 2 rings (SSSR count). The summed E-state index contributed by atoms with van der Waals surface area (Å²) in [5.74, 6) is -0.277. The van der Waals surface area contributed by atoms with Gasteiger partial charge in [-0.05, 0) is 12.5 Å². The molecule has 1 fully saturated rings. The molecule has 0 spiro atoms. The molecule has 0 aromatic heterocycles. The van der Waals surface area contributed by atoms with Gasteiger partial charge in [0, 0.05) is 37.8 Å². The highest BCUT2D eigenvalue weighted by molar-refractivity contribution is 6.30. The number of rotatable bonds is 3. The fourth-order valence-electron chi connectivity index (χ4n) is 2.22. The van der Waals surface area contributed by atoms with Crippen LogP contribution in [-0.4, -0.2) is 30.6 Å². The SMILES string of the molecule is CCC1CN(Cc2cccc(Cl)c2F)CCN1. The first-order valence-corrected chi connectivity index (χ1v) is 6.47. The predicted octanol–water partition coefficient (Wildman–Crippen LogP) is 2.66. The van der Waals surface area contributed by atoms with Gasteiger partial charge in [0.25, 0.3) is 0 Å². The van der Waals surface area contributed by atoms with Crippen molar-refractivity contribution < 1.29 is 4.39 Å². The van der Waals surface area contributed by atoms with E-state index in [1.54, 1.807) is 12.1 Å². The maximum Gasteiger partial charge on any atom is 0.146 e. The Morgan fingerprint density at radius 1 is 1.53 bits per heavy atom. The number of benzene rings is 1. The Balaban J connectivity index is 2.02. The van der Waals surface area contributed by atoms with Crippen LogP contribution in [0.4, 0.5) is 4.39 Å². The van der Waals surface area contributed by atoms with Gasteiger partial charge in [-0.3, -0.25) is 4.90 Å². The van der Waals surface area contributed by atoms with E-state index in [4.69, 9.17) is 11.6 Å². The van der Waals surface area contributed by atoms with E-state index in [9.17, 15) is 4.39 Å². The van der Waals surface area contributed by atoms with Crippen molar-refractivity contribution in [2.75, 3.05) is 19.6 Å². The van der Waals surface area contributed by atoms with Crippen LogP contribution in [0.5, 0.6) is 0 Å². The van der Waals surface area contributed by atoms with Crippen LogP contribution >= 0.6 is 11.6 Å². The van der Waals surface area contributed by atoms with Gasteiger partial charge in [-0.2, -0.15) is 0 Å². The van der Waals surface area contributed by atoms with Crippen LogP contribution in [0.1, 0.15) is 18.9 Å². The highest BCUT2D eigenvalue weighted by Gasteiger charge is 2.19. The highest BCUT2D eigenvalue weighted by Crippen LogP contribution is 2.19. The average molecular weight is 257 g/mol. The van der Waals surface area contributed by atoms with Crippen LogP contribution in [0, 0.1) is 5.82 Å². The lowest BCUT2D eigenvalue weighted by molar-refractivity contribution is 0.188. The molecule has 1 heterocycles.